The van der Waals surface area contributed by atoms with Crippen LogP contribution in [0.25, 0.3) is 10.9 Å². The quantitative estimate of drug-likeness (QED) is 0.422. The van der Waals surface area contributed by atoms with Crippen LogP contribution in [0.3, 0.4) is 0 Å². The first-order valence-corrected chi connectivity index (χ1v) is 6.14. The van der Waals surface area contributed by atoms with Gasteiger partial charge in [-0.15, -0.1) is 0 Å². The smallest absolute Gasteiger partial charge is 0.266 e. The highest BCUT2D eigenvalue weighted by molar-refractivity contribution is 5.93. The van der Waals surface area contributed by atoms with Crippen molar-refractivity contribution in [1.82, 2.24) is 20.2 Å². The molecule has 0 aliphatic carbocycles. The van der Waals surface area contributed by atoms with E-state index >= 15 is 0 Å². The van der Waals surface area contributed by atoms with Crippen molar-refractivity contribution in [2.75, 3.05) is 0 Å². The molecule has 0 spiro atoms. The van der Waals surface area contributed by atoms with Crippen molar-refractivity contribution in [3.8, 4) is 0 Å². The molecule has 1 aromatic carbocycles. The van der Waals surface area contributed by atoms with E-state index in [4.69, 9.17) is 5.84 Å². The second-order valence-corrected chi connectivity index (χ2v) is 4.37. The second-order valence-electron chi connectivity index (χ2n) is 4.37. The molecule has 2 heterocycles. The highest BCUT2D eigenvalue weighted by Crippen LogP contribution is 2.13. The first-order chi connectivity index (χ1) is 9.78. The van der Waals surface area contributed by atoms with Crippen LogP contribution in [0, 0.1) is 0 Å². The molecule has 100 valence electrons. The fourth-order valence-electron chi connectivity index (χ4n) is 2.04. The van der Waals surface area contributed by atoms with E-state index in [9.17, 15) is 4.79 Å². The average Bonchev–Trinajstić information content (AvgIpc) is 2.91. The summed E-state index contributed by atoms with van der Waals surface area (Å²) in [6.07, 6.45) is 3.33. The van der Waals surface area contributed by atoms with Crippen LogP contribution in [0.5, 0.6) is 0 Å². The van der Waals surface area contributed by atoms with Gasteiger partial charge in [-0.3, -0.25) is 19.9 Å². The highest BCUT2D eigenvalue weighted by Gasteiger charge is 2.06. The van der Waals surface area contributed by atoms with Gasteiger partial charge >= 0.3 is 0 Å². The normalized spacial score (nSPS) is 10.7. The number of para-hydroxylation sites is 1. The number of nitrogens with zero attached hydrogens (tertiary/aromatic N) is 3. The Morgan fingerprint density at radius 3 is 2.80 bits per heavy atom. The Morgan fingerprint density at radius 2 is 2.05 bits per heavy atom. The molecule has 0 bridgehead atoms. The predicted octanol–water partition coefficient (Wildman–Crippen LogP) is 1.08. The minimum absolute atomic E-state index is 0.353. The number of carbonyl (C=O) groups is 1. The third-order valence-electron chi connectivity index (χ3n) is 3.08. The van der Waals surface area contributed by atoms with Gasteiger partial charge in [-0.05, 0) is 18.2 Å². The van der Waals surface area contributed by atoms with Gasteiger partial charge in [0, 0.05) is 11.6 Å². The van der Waals surface area contributed by atoms with E-state index in [1.54, 1.807) is 12.1 Å². The lowest BCUT2D eigenvalue weighted by Gasteiger charge is -2.04. The van der Waals surface area contributed by atoms with Gasteiger partial charge in [0.2, 0.25) is 0 Å². The number of nitrogen functional groups attached to an aromatic ring is 1. The molecular formula is C14H13N5O. The standard InChI is InChI=1S/C14H13N5O/c15-18-14(20)11-5-6-12(16-7-11)9-19-13-4-2-1-3-10(13)8-17-19/h1-8H,9,15H2,(H,18,20). The van der Waals surface area contributed by atoms with Crippen LogP contribution in [0.1, 0.15) is 16.1 Å². The Bertz CT molecular complexity index is 748. The number of nitrogens with one attached hydrogen (secondary N) is 1. The maximum atomic E-state index is 11.3. The van der Waals surface area contributed by atoms with Crippen LogP contribution in [0.4, 0.5) is 0 Å². The minimum atomic E-state index is -0.353. The van der Waals surface area contributed by atoms with Crippen LogP contribution in [0.2, 0.25) is 0 Å². The number of rotatable bonds is 3. The SMILES string of the molecule is NNC(=O)c1ccc(Cn2ncc3ccccc32)nc1. The van der Waals surface area contributed by atoms with E-state index in [0.717, 1.165) is 16.6 Å². The van der Waals surface area contributed by atoms with E-state index in [1.807, 2.05) is 35.1 Å². The first-order valence-electron chi connectivity index (χ1n) is 6.14. The molecule has 0 aliphatic rings. The number of carbonyl (C=O) groups excluding carboxylic acids is 1. The molecule has 3 N–H and O–H groups in total. The number of aromatic nitrogens is 3. The minimum Gasteiger partial charge on any atom is -0.290 e. The summed E-state index contributed by atoms with van der Waals surface area (Å²) in [6.45, 7) is 0.554. The molecule has 6 heteroatoms. The van der Waals surface area contributed by atoms with E-state index in [0.29, 0.717) is 12.1 Å². The lowest BCUT2D eigenvalue weighted by atomic mass is 10.2. The van der Waals surface area contributed by atoms with Crippen LogP contribution in [-0.4, -0.2) is 20.7 Å². The van der Waals surface area contributed by atoms with Crippen LogP contribution < -0.4 is 11.3 Å². The maximum absolute atomic E-state index is 11.3. The number of benzene rings is 1. The number of hydrogen-bond acceptors (Lipinski definition) is 4. The molecule has 0 aliphatic heterocycles. The molecule has 0 saturated heterocycles. The van der Waals surface area contributed by atoms with Gasteiger partial charge in [0.05, 0.1) is 29.5 Å². The summed E-state index contributed by atoms with van der Waals surface area (Å²) in [4.78, 5) is 15.6. The molecule has 20 heavy (non-hydrogen) atoms. The summed E-state index contributed by atoms with van der Waals surface area (Å²) in [5.41, 5.74) is 4.39. The number of hydrazine groups is 1. The Labute approximate surface area is 115 Å². The fraction of sp³-hybridized carbons (Fsp3) is 0.0714. The van der Waals surface area contributed by atoms with Crippen LogP contribution in [0.15, 0.2) is 48.8 Å². The van der Waals surface area contributed by atoms with Crippen molar-refractivity contribution in [3.05, 3.63) is 60.0 Å². The number of fused-ring (bicyclic) bond motifs is 1. The summed E-state index contributed by atoms with van der Waals surface area (Å²) in [5, 5.41) is 5.43. The van der Waals surface area contributed by atoms with E-state index < -0.39 is 0 Å². The summed E-state index contributed by atoms with van der Waals surface area (Å²) in [6, 6.07) is 11.5. The summed E-state index contributed by atoms with van der Waals surface area (Å²) in [7, 11) is 0. The maximum Gasteiger partial charge on any atom is 0.266 e. The molecule has 0 saturated carbocycles. The topological polar surface area (TPSA) is 85.8 Å². The second kappa shape index (κ2) is 5.10. The van der Waals surface area contributed by atoms with Gasteiger partial charge in [-0.25, -0.2) is 5.84 Å². The zero-order valence-corrected chi connectivity index (χ0v) is 10.7. The van der Waals surface area contributed by atoms with Gasteiger partial charge in [0.1, 0.15) is 0 Å². The number of nitrogens with two attached hydrogens (primary N) is 1. The molecule has 0 unspecified atom stereocenters. The van der Waals surface area contributed by atoms with Crippen molar-refractivity contribution in [2.24, 2.45) is 5.84 Å². The molecule has 3 aromatic rings. The molecule has 0 atom stereocenters. The lowest BCUT2D eigenvalue weighted by molar-refractivity contribution is 0.0953. The molecule has 6 nitrogen and oxygen atoms in total. The predicted molar refractivity (Wildman–Crippen MR) is 74.7 cm³/mol. The summed E-state index contributed by atoms with van der Waals surface area (Å²) >= 11 is 0. The van der Waals surface area contributed by atoms with Gasteiger partial charge in [-0.2, -0.15) is 5.10 Å². The van der Waals surface area contributed by atoms with Gasteiger partial charge < -0.3 is 0 Å². The molecule has 0 fully saturated rings. The average molecular weight is 267 g/mol. The third-order valence-corrected chi connectivity index (χ3v) is 3.08. The summed E-state index contributed by atoms with van der Waals surface area (Å²) in [5.74, 6) is 4.72. The van der Waals surface area contributed by atoms with E-state index in [-0.39, 0.29) is 5.91 Å². The van der Waals surface area contributed by atoms with E-state index in [2.05, 4.69) is 15.5 Å². The van der Waals surface area contributed by atoms with Crippen molar-refractivity contribution in [3.63, 3.8) is 0 Å². The molecular weight excluding hydrogens is 254 g/mol. The highest BCUT2D eigenvalue weighted by atomic mass is 16.2. The largest absolute Gasteiger partial charge is 0.290 e. The van der Waals surface area contributed by atoms with Gasteiger partial charge in [-0.1, -0.05) is 18.2 Å². The van der Waals surface area contributed by atoms with Crippen molar-refractivity contribution in [1.29, 1.82) is 0 Å². The summed E-state index contributed by atoms with van der Waals surface area (Å²) < 4.78 is 1.88. The Morgan fingerprint density at radius 1 is 1.20 bits per heavy atom. The zero-order chi connectivity index (χ0) is 13.9. The molecule has 0 radical (unpaired) electrons. The number of pyridine rings is 1. The van der Waals surface area contributed by atoms with Gasteiger partial charge in [0.15, 0.2) is 0 Å². The van der Waals surface area contributed by atoms with Crippen molar-refractivity contribution in [2.45, 2.75) is 6.54 Å². The van der Waals surface area contributed by atoms with Crippen molar-refractivity contribution < 1.29 is 4.79 Å². The number of hydrogen-bond donors (Lipinski definition) is 2. The first kappa shape index (κ1) is 12.3. The zero-order valence-electron chi connectivity index (χ0n) is 10.7. The van der Waals surface area contributed by atoms with Crippen molar-refractivity contribution >= 4 is 16.8 Å². The van der Waals surface area contributed by atoms with Gasteiger partial charge in [0.25, 0.3) is 5.91 Å². The molecule has 2 aromatic heterocycles. The van der Waals surface area contributed by atoms with E-state index in [1.165, 1.54) is 6.20 Å². The third kappa shape index (κ3) is 2.24. The van der Waals surface area contributed by atoms with Crippen LogP contribution >= 0.6 is 0 Å². The Kier molecular flexibility index (Phi) is 3.14. The lowest BCUT2D eigenvalue weighted by Crippen LogP contribution is -2.30. The number of amides is 1. The Balaban J connectivity index is 1.86. The molecule has 3 rings (SSSR count). The fourth-order valence-corrected chi connectivity index (χ4v) is 2.04. The van der Waals surface area contributed by atoms with Crippen LogP contribution in [-0.2, 0) is 6.54 Å². The molecule has 1 amide bonds. The Hall–Kier alpha value is -2.73. The monoisotopic (exact) mass is 267 g/mol.